The lowest BCUT2D eigenvalue weighted by atomic mass is 10.6. The van der Waals surface area contributed by atoms with Crippen LogP contribution in [-0.2, 0) is 11.5 Å². The SMILES string of the molecule is FC(F)(F)c1nc(CBr)n[n]1[AlH2]. The number of alkyl halides is 4. The van der Waals surface area contributed by atoms with E-state index in [0.29, 0.717) is 0 Å². The summed E-state index contributed by atoms with van der Waals surface area (Å²) in [6, 6.07) is 0. The van der Waals surface area contributed by atoms with E-state index in [1.807, 2.05) is 0 Å². The molecule has 0 aliphatic heterocycles. The molecule has 0 amide bonds. The minimum Gasteiger partial charge on any atom is -0.348 e. The molecule has 0 aliphatic carbocycles. The van der Waals surface area contributed by atoms with E-state index >= 15 is 0 Å². The third-order valence-electron chi connectivity index (χ3n) is 1.18. The van der Waals surface area contributed by atoms with Crippen LogP contribution in [0.4, 0.5) is 13.2 Å². The molecule has 66 valence electrons. The van der Waals surface area contributed by atoms with Crippen LogP contribution in [0.1, 0.15) is 11.6 Å². The van der Waals surface area contributed by atoms with Crippen LogP contribution in [0.15, 0.2) is 0 Å². The van der Waals surface area contributed by atoms with Gasteiger partial charge in [-0.1, -0.05) is 15.9 Å². The van der Waals surface area contributed by atoms with Crippen molar-refractivity contribution in [2.45, 2.75) is 11.5 Å². The molecule has 0 bridgehead atoms. The van der Waals surface area contributed by atoms with Crippen LogP contribution in [0.25, 0.3) is 0 Å². The predicted octanol–water partition coefficient (Wildman–Crippen LogP) is 0.588. The summed E-state index contributed by atoms with van der Waals surface area (Å²) in [5.41, 5.74) is 0. The van der Waals surface area contributed by atoms with Crippen LogP contribution in [0, 0.1) is 0 Å². The van der Waals surface area contributed by atoms with Crippen LogP contribution in [-0.4, -0.2) is 30.3 Å². The van der Waals surface area contributed by atoms with E-state index in [9.17, 15) is 13.2 Å². The Morgan fingerprint density at radius 3 is 2.33 bits per heavy atom. The average molecular weight is 258 g/mol. The molecule has 0 fully saturated rings. The summed E-state index contributed by atoms with van der Waals surface area (Å²) in [6.07, 6.45) is -4.39. The van der Waals surface area contributed by atoms with E-state index < -0.39 is 12.0 Å². The Balaban J connectivity index is 3.08. The highest BCUT2D eigenvalue weighted by Gasteiger charge is 2.36. The smallest absolute Gasteiger partial charge is 0.348 e. The fraction of sp³-hybridized carbons (Fsp3) is 0.500. The summed E-state index contributed by atoms with van der Waals surface area (Å²) in [6.45, 7) is 0. The zero-order chi connectivity index (χ0) is 9.35. The molecule has 1 heterocycles. The van der Waals surface area contributed by atoms with Gasteiger partial charge in [-0.25, -0.2) is 4.98 Å². The summed E-state index contributed by atoms with van der Waals surface area (Å²) >= 11 is 3.17. The molecule has 1 rings (SSSR count). The molecule has 0 N–H and O–H groups in total. The molecule has 0 aliphatic rings. The number of nitrogens with zero attached hydrogens (tertiary/aromatic N) is 3. The Kier molecular flexibility index (Phi) is 2.81. The van der Waals surface area contributed by atoms with Gasteiger partial charge in [0.05, 0.1) is 5.33 Å². The van der Waals surface area contributed by atoms with Gasteiger partial charge in [-0.3, -0.25) is 0 Å². The molecule has 12 heavy (non-hydrogen) atoms. The van der Waals surface area contributed by atoms with E-state index in [4.69, 9.17) is 0 Å². The fourth-order valence-corrected chi connectivity index (χ4v) is 1.56. The van der Waals surface area contributed by atoms with Gasteiger partial charge >= 0.3 is 22.7 Å². The van der Waals surface area contributed by atoms with Gasteiger partial charge in [-0.15, -0.1) is 0 Å². The van der Waals surface area contributed by atoms with Gasteiger partial charge in [-0.05, 0) is 0 Å². The molecule has 1 aromatic heterocycles. The van der Waals surface area contributed by atoms with Gasteiger partial charge < -0.3 is 3.67 Å². The van der Waals surface area contributed by atoms with Crippen molar-refractivity contribution in [1.29, 1.82) is 0 Å². The maximum Gasteiger partial charge on any atom is 0.448 e. The van der Waals surface area contributed by atoms with Crippen molar-refractivity contribution >= 4 is 32.4 Å². The Bertz CT molecular complexity index is 284. The van der Waals surface area contributed by atoms with Crippen LogP contribution in [0.3, 0.4) is 0 Å². The summed E-state index contributed by atoms with van der Waals surface area (Å²) in [7, 11) is 0. The summed E-state index contributed by atoms with van der Waals surface area (Å²) in [4.78, 5) is 3.31. The third kappa shape index (κ3) is 2.00. The number of hydrogen-bond acceptors (Lipinski definition) is 2. The van der Waals surface area contributed by atoms with Crippen molar-refractivity contribution in [3.05, 3.63) is 11.6 Å². The first-order chi connectivity index (χ1) is 5.45. The molecule has 0 aromatic carbocycles. The lowest BCUT2D eigenvalue weighted by Gasteiger charge is -2.03. The largest absolute Gasteiger partial charge is 0.448 e. The topological polar surface area (TPSA) is 30.7 Å². The number of hydrogen-bond donors (Lipinski definition) is 0. The second kappa shape index (κ2) is 3.36. The molecular formula is C4H4AlBrF3N3. The molecule has 0 saturated carbocycles. The fourth-order valence-electron chi connectivity index (χ4n) is 0.741. The molecule has 0 saturated heterocycles. The molecule has 0 radical (unpaired) electrons. The third-order valence-corrected chi connectivity index (χ3v) is 2.31. The van der Waals surface area contributed by atoms with E-state index in [1.54, 1.807) is 0 Å². The monoisotopic (exact) mass is 257 g/mol. The van der Waals surface area contributed by atoms with Crippen molar-refractivity contribution in [3.63, 3.8) is 0 Å². The highest BCUT2D eigenvalue weighted by molar-refractivity contribution is 9.08. The Hall–Kier alpha value is -0.0575. The molecule has 1 aromatic rings. The van der Waals surface area contributed by atoms with Crippen molar-refractivity contribution in [2.24, 2.45) is 0 Å². The minimum atomic E-state index is -4.39. The molecule has 8 heteroatoms. The Morgan fingerprint density at radius 2 is 2.08 bits per heavy atom. The van der Waals surface area contributed by atoms with E-state index in [1.165, 1.54) is 0 Å². The van der Waals surface area contributed by atoms with Crippen molar-refractivity contribution in [3.8, 4) is 0 Å². The second-order valence-electron chi connectivity index (χ2n) is 2.11. The Morgan fingerprint density at radius 1 is 1.50 bits per heavy atom. The van der Waals surface area contributed by atoms with Gasteiger partial charge in [0.2, 0.25) is 5.82 Å². The Labute approximate surface area is 82.7 Å². The summed E-state index contributed by atoms with van der Waals surface area (Å²) < 4.78 is 37.1. The van der Waals surface area contributed by atoms with E-state index in [2.05, 4.69) is 26.0 Å². The lowest BCUT2D eigenvalue weighted by molar-refractivity contribution is -0.145. The van der Waals surface area contributed by atoms with Crippen molar-refractivity contribution < 1.29 is 13.2 Å². The second-order valence-corrected chi connectivity index (χ2v) is 3.51. The quantitative estimate of drug-likeness (QED) is 0.545. The van der Waals surface area contributed by atoms with Gasteiger partial charge in [0.25, 0.3) is 0 Å². The zero-order valence-electron chi connectivity index (χ0n) is 6.06. The number of aromatic nitrogens is 3. The molecular weight excluding hydrogens is 254 g/mol. The summed E-state index contributed by atoms with van der Waals surface area (Å²) in [5, 5.41) is 3.84. The van der Waals surface area contributed by atoms with Gasteiger partial charge in [0.1, 0.15) is 0 Å². The highest BCUT2D eigenvalue weighted by Crippen LogP contribution is 2.26. The highest BCUT2D eigenvalue weighted by atomic mass is 79.9. The maximum atomic E-state index is 12.1. The van der Waals surface area contributed by atoms with Gasteiger partial charge in [0, 0.05) is 0 Å². The summed E-state index contributed by atoms with van der Waals surface area (Å²) in [5.74, 6) is -0.749. The lowest BCUT2D eigenvalue weighted by Crippen LogP contribution is -2.14. The van der Waals surface area contributed by atoms with Gasteiger partial charge in [-0.2, -0.15) is 18.3 Å². The normalized spacial score (nSPS) is 12.0. The number of rotatable bonds is 1. The molecule has 0 atom stereocenters. The van der Waals surface area contributed by atoms with Crippen molar-refractivity contribution in [1.82, 2.24) is 13.7 Å². The minimum absolute atomic E-state index is 0.164. The number of halogens is 4. The van der Waals surface area contributed by atoms with E-state index in [0.717, 1.165) is 3.67 Å². The van der Waals surface area contributed by atoms with Crippen LogP contribution in [0.2, 0.25) is 0 Å². The van der Waals surface area contributed by atoms with Crippen LogP contribution < -0.4 is 0 Å². The zero-order valence-corrected chi connectivity index (χ0v) is 9.65. The standard InChI is InChI=1S/C4H2BrF3N3.Al.2H/c5-1-2-9-3(11-10-2)4(6,7)8;;;/h1H2;;;/q-1;+1;;. The maximum absolute atomic E-state index is 12.1. The average Bonchev–Trinajstić information content (AvgIpc) is 2.29. The first-order valence-corrected chi connectivity index (χ1v) is 5.00. The molecule has 0 unspecified atom stereocenters. The molecule has 3 nitrogen and oxygen atoms in total. The van der Waals surface area contributed by atoms with Crippen LogP contribution in [0.5, 0.6) is 0 Å². The van der Waals surface area contributed by atoms with Crippen molar-refractivity contribution in [2.75, 3.05) is 0 Å². The van der Waals surface area contributed by atoms with E-state index in [-0.39, 0.29) is 27.7 Å². The predicted molar refractivity (Wildman–Crippen MR) is 41.6 cm³/mol. The molecule has 0 spiro atoms. The first-order valence-electron chi connectivity index (χ1n) is 2.98. The first kappa shape index (κ1) is 10.0. The van der Waals surface area contributed by atoms with Crippen LogP contribution >= 0.6 is 15.9 Å². The van der Waals surface area contributed by atoms with Gasteiger partial charge in [0.15, 0.2) is 5.82 Å².